The molecular weight excluding hydrogens is 352 g/mol. The predicted molar refractivity (Wildman–Crippen MR) is 108 cm³/mol. The number of phenolic OH excluding ortho intramolecular Hbond substituents is 2. The zero-order valence-corrected chi connectivity index (χ0v) is 16.0. The molecule has 1 aromatic heterocycles. The zero-order chi connectivity index (χ0) is 19.7. The molecule has 3 unspecified atom stereocenters. The number of para-hydroxylation sites is 1. The van der Waals surface area contributed by atoms with Gasteiger partial charge in [0.05, 0.1) is 11.1 Å². The summed E-state index contributed by atoms with van der Waals surface area (Å²) in [7, 11) is 0. The second kappa shape index (κ2) is 5.69. The van der Waals surface area contributed by atoms with Gasteiger partial charge in [-0.05, 0) is 49.6 Å². The number of fused-ring (bicyclic) bond motifs is 5. The summed E-state index contributed by atoms with van der Waals surface area (Å²) in [6, 6.07) is 13.4. The van der Waals surface area contributed by atoms with E-state index in [1.54, 1.807) is 0 Å². The average molecular weight is 376 g/mol. The van der Waals surface area contributed by atoms with Crippen LogP contribution >= 0.6 is 0 Å². The number of aromatic nitrogens is 1. The Morgan fingerprint density at radius 1 is 1.18 bits per heavy atom. The molecular formula is C23H24N2O3. The Hall–Kier alpha value is -2.63. The maximum absolute atomic E-state index is 11.6. The Kier molecular flexibility index (Phi) is 3.55. The molecule has 4 N–H and O–H groups in total. The number of aryl methyl sites for hydroxylation is 1. The van der Waals surface area contributed by atoms with E-state index in [0.29, 0.717) is 24.9 Å². The highest BCUT2D eigenvalue weighted by Crippen LogP contribution is 2.54. The zero-order valence-electron chi connectivity index (χ0n) is 16.0. The number of benzene rings is 2. The summed E-state index contributed by atoms with van der Waals surface area (Å²) in [5.74, 6) is -0.277. The fourth-order valence-electron chi connectivity index (χ4n) is 5.22. The van der Waals surface area contributed by atoms with Gasteiger partial charge in [0.2, 0.25) is 0 Å². The maximum Gasteiger partial charge on any atom is 0.161 e. The Labute approximate surface area is 163 Å². The van der Waals surface area contributed by atoms with Gasteiger partial charge in [0.25, 0.3) is 0 Å². The van der Waals surface area contributed by atoms with Crippen LogP contribution in [0.15, 0.2) is 42.5 Å². The number of aliphatic hydroxyl groups is 1. The van der Waals surface area contributed by atoms with Crippen molar-refractivity contribution in [3.05, 3.63) is 64.8 Å². The first kappa shape index (κ1) is 17.5. The number of nitrogens with one attached hydrogen (secondary N) is 1. The molecule has 0 saturated carbocycles. The van der Waals surface area contributed by atoms with Crippen LogP contribution in [-0.4, -0.2) is 38.5 Å². The lowest BCUT2D eigenvalue weighted by molar-refractivity contribution is -0.0217. The molecule has 1 aliphatic heterocycles. The molecule has 1 saturated heterocycles. The molecule has 2 aliphatic rings. The molecule has 0 amide bonds. The summed E-state index contributed by atoms with van der Waals surface area (Å²) in [5, 5.41) is 37.1. The van der Waals surface area contributed by atoms with Crippen molar-refractivity contribution in [3.8, 4) is 11.5 Å². The first-order valence-electron chi connectivity index (χ1n) is 9.69. The normalized spacial score (nSPS) is 28.5. The van der Waals surface area contributed by atoms with Crippen molar-refractivity contribution >= 4 is 10.9 Å². The Bertz CT molecular complexity index is 1110. The summed E-state index contributed by atoms with van der Waals surface area (Å²) < 4.78 is 0. The van der Waals surface area contributed by atoms with Gasteiger partial charge < -0.3 is 20.6 Å². The summed E-state index contributed by atoms with van der Waals surface area (Å²) in [6.45, 7) is 4.38. The van der Waals surface area contributed by atoms with Crippen molar-refractivity contribution in [1.82, 2.24) is 10.3 Å². The van der Waals surface area contributed by atoms with E-state index in [-0.39, 0.29) is 17.5 Å². The molecule has 1 aliphatic carbocycles. The second-order valence-electron chi connectivity index (χ2n) is 8.46. The summed E-state index contributed by atoms with van der Waals surface area (Å²) in [4.78, 5) is 4.89. The van der Waals surface area contributed by atoms with Crippen molar-refractivity contribution < 1.29 is 15.3 Å². The molecule has 0 radical (unpaired) electrons. The van der Waals surface area contributed by atoms with E-state index in [9.17, 15) is 15.3 Å². The highest BCUT2D eigenvalue weighted by Gasteiger charge is 2.62. The SMILES string of the molecule is Cc1cc2ccccc2nc1CC12CNC(Cc3ccc(O)c(O)c31)C2(C)O. The number of pyridine rings is 1. The molecule has 0 spiro atoms. The molecule has 2 aromatic carbocycles. The van der Waals surface area contributed by atoms with Gasteiger partial charge in [0.15, 0.2) is 11.5 Å². The first-order valence-corrected chi connectivity index (χ1v) is 9.69. The minimum absolute atomic E-state index is 0.107. The molecule has 2 bridgehead atoms. The van der Waals surface area contributed by atoms with Gasteiger partial charge >= 0.3 is 0 Å². The number of hydrogen-bond acceptors (Lipinski definition) is 5. The van der Waals surface area contributed by atoms with E-state index in [2.05, 4.69) is 11.4 Å². The van der Waals surface area contributed by atoms with E-state index < -0.39 is 11.0 Å². The van der Waals surface area contributed by atoms with Crippen LogP contribution in [0.1, 0.15) is 29.3 Å². The second-order valence-corrected chi connectivity index (χ2v) is 8.46. The smallest absolute Gasteiger partial charge is 0.161 e. The Morgan fingerprint density at radius 2 is 1.96 bits per heavy atom. The number of rotatable bonds is 2. The van der Waals surface area contributed by atoms with Crippen molar-refractivity contribution in [2.75, 3.05) is 6.54 Å². The average Bonchev–Trinajstić information content (AvgIpc) is 2.80. The van der Waals surface area contributed by atoms with E-state index in [1.807, 2.05) is 44.2 Å². The molecule has 2 heterocycles. The monoisotopic (exact) mass is 376 g/mol. The van der Waals surface area contributed by atoms with Crippen molar-refractivity contribution in [2.45, 2.75) is 43.7 Å². The Morgan fingerprint density at radius 3 is 2.79 bits per heavy atom. The number of hydrogen-bond donors (Lipinski definition) is 4. The highest BCUT2D eigenvalue weighted by atomic mass is 16.3. The minimum Gasteiger partial charge on any atom is -0.504 e. The van der Waals surface area contributed by atoms with Gasteiger partial charge in [0.1, 0.15) is 0 Å². The third-order valence-electron chi connectivity index (χ3n) is 6.93. The van der Waals surface area contributed by atoms with Crippen LogP contribution in [0, 0.1) is 6.92 Å². The van der Waals surface area contributed by atoms with Crippen molar-refractivity contribution in [2.24, 2.45) is 0 Å². The molecule has 28 heavy (non-hydrogen) atoms. The summed E-state index contributed by atoms with van der Waals surface area (Å²) in [6.07, 6.45) is 1.09. The summed E-state index contributed by atoms with van der Waals surface area (Å²) in [5.41, 5.74) is 2.64. The van der Waals surface area contributed by atoms with Crippen molar-refractivity contribution in [1.29, 1.82) is 0 Å². The maximum atomic E-state index is 11.6. The first-order chi connectivity index (χ1) is 13.3. The molecule has 144 valence electrons. The minimum atomic E-state index is -1.08. The summed E-state index contributed by atoms with van der Waals surface area (Å²) >= 11 is 0. The predicted octanol–water partition coefficient (Wildman–Crippen LogP) is 2.71. The van der Waals surface area contributed by atoms with Crippen LogP contribution in [-0.2, 0) is 18.3 Å². The topological polar surface area (TPSA) is 85.6 Å². The number of nitrogens with zero attached hydrogens (tertiary/aromatic N) is 1. The number of aromatic hydroxyl groups is 2. The van der Waals surface area contributed by atoms with E-state index in [4.69, 9.17) is 4.98 Å². The third-order valence-corrected chi connectivity index (χ3v) is 6.93. The molecule has 1 fully saturated rings. The lowest BCUT2D eigenvalue weighted by atomic mass is 9.59. The van der Waals surface area contributed by atoms with Gasteiger partial charge in [-0.3, -0.25) is 4.98 Å². The molecule has 5 nitrogen and oxygen atoms in total. The van der Waals surface area contributed by atoms with E-state index in [1.165, 1.54) is 6.07 Å². The lowest BCUT2D eigenvalue weighted by Gasteiger charge is -2.47. The van der Waals surface area contributed by atoms with Gasteiger partial charge in [0, 0.05) is 41.1 Å². The van der Waals surface area contributed by atoms with Gasteiger partial charge in [-0.15, -0.1) is 0 Å². The molecule has 5 heteroatoms. The van der Waals surface area contributed by atoms with Crippen LogP contribution in [0.5, 0.6) is 11.5 Å². The van der Waals surface area contributed by atoms with Gasteiger partial charge in [-0.25, -0.2) is 0 Å². The van der Waals surface area contributed by atoms with Crippen molar-refractivity contribution in [3.63, 3.8) is 0 Å². The van der Waals surface area contributed by atoms with Gasteiger partial charge in [-0.2, -0.15) is 0 Å². The third kappa shape index (κ3) is 2.17. The largest absolute Gasteiger partial charge is 0.504 e. The highest BCUT2D eigenvalue weighted by molar-refractivity contribution is 5.79. The van der Waals surface area contributed by atoms with Crippen LogP contribution in [0.2, 0.25) is 0 Å². The standard InChI is InChI=1S/C23H24N2O3/c1-13-9-14-5-3-4-6-16(14)25-17(13)11-23-12-24-19(22(23,2)28)10-15-7-8-18(26)21(27)20(15)23/h3-9,19,24,26-28H,10-12H2,1-2H3. The van der Waals surface area contributed by atoms with Crippen LogP contribution in [0.3, 0.4) is 0 Å². The van der Waals surface area contributed by atoms with Gasteiger partial charge in [-0.1, -0.05) is 24.3 Å². The van der Waals surface area contributed by atoms with Crippen LogP contribution < -0.4 is 5.32 Å². The van der Waals surface area contributed by atoms with Crippen LogP contribution in [0.4, 0.5) is 0 Å². The van der Waals surface area contributed by atoms with E-state index >= 15 is 0 Å². The molecule has 3 aromatic rings. The fourth-order valence-corrected chi connectivity index (χ4v) is 5.22. The van der Waals surface area contributed by atoms with E-state index in [0.717, 1.165) is 27.7 Å². The molecule has 5 rings (SSSR count). The Balaban J connectivity index is 1.73. The molecule has 3 atom stereocenters. The lowest BCUT2D eigenvalue weighted by Crippen LogP contribution is -2.57. The fraction of sp³-hybridized carbons (Fsp3) is 0.348. The number of phenols is 2. The quantitative estimate of drug-likeness (QED) is 0.517. The van der Waals surface area contributed by atoms with Crippen LogP contribution in [0.25, 0.3) is 10.9 Å².